The molecule has 0 amide bonds. The molecule has 0 aliphatic rings. The first-order valence-corrected chi connectivity index (χ1v) is 5.11. The minimum atomic E-state index is -5.06. The standard InChI is InChI=1S/H4O11P2/c1-7-12(5,8-2)11-13(6,9-3)10-4/h1-4H. The van der Waals surface area contributed by atoms with Crippen molar-refractivity contribution in [3.63, 3.8) is 0 Å². The number of hydrogen-bond acceptors (Lipinski definition) is 11. The lowest BCUT2D eigenvalue weighted by molar-refractivity contribution is -0.243. The van der Waals surface area contributed by atoms with Crippen molar-refractivity contribution in [3.05, 3.63) is 0 Å². The van der Waals surface area contributed by atoms with Crippen molar-refractivity contribution < 1.29 is 53.2 Å². The third kappa shape index (κ3) is 3.77. The van der Waals surface area contributed by atoms with Crippen molar-refractivity contribution in [1.82, 2.24) is 0 Å². The smallest absolute Gasteiger partial charge is 0.241 e. The van der Waals surface area contributed by atoms with Gasteiger partial charge in [-0.05, 0) is 0 Å². The van der Waals surface area contributed by atoms with Gasteiger partial charge < -0.3 is 0 Å². The molecular formula is H4O11P2. The van der Waals surface area contributed by atoms with Crippen molar-refractivity contribution in [2.75, 3.05) is 0 Å². The lowest BCUT2D eigenvalue weighted by Gasteiger charge is -2.12. The fraction of sp³-hybridized carbons (Fsp3) is 0. The molecule has 0 aliphatic heterocycles. The van der Waals surface area contributed by atoms with E-state index >= 15 is 0 Å². The van der Waals surface area contributed by atoms with Gasteiger partial charge in [-0.2, -0.15) is 4.31 Å². The summed E-state index contributed by atoms with van der Waals surface area (Å²) in [4.78, 5) is 0. The van der Waals surface area contributed by atoms with Crippen LogP contribution in [0.2, 0.25) is 0 Å². The summed E-state index contributed by atoms with van der Waals surface area (Å²) in [6.07, 6.45) is 0. The quantitative estimate of drug-likeness (QED) is 0.300. The molecule has 0 aromatic carbocycles. The summed E-state index contributed by atoms with van der Waals surface area (Å²) in [5.74, 6) is 0. The van der Waals surface area contributed by atoms with Gasteiger partial charge in [0.15, 0.2) is 0 Å². The predicted octanol–water partition coefficient (Wildman–Crippen LogP) is 1.18. The third-order valence-corrected chi connectivity index (χ3v) is 3.00. The summed E-state index contributed by atoms with van der Waals surface area (Å²) in [7, 11) is -10.1. The van der Waals surface area contributed by atoms with Gasteiger partial charge >= 0.3 is 15.6 Å². The Hall–Kier alpha value is 0.1000. The highest BCUT2D eigenvalue weighted by Crippen LogP contribution is 2.64. The van der Waals surface area contributed by atoms with Crippen molar-refractivity contribution in [2.24, 2.45) is 0 Å². The first kappa shape index (κ1) is 13.1. The summed E-state index contributed by atoms with van der Waals surface area (Å²) in [6, 6.07) is 0. The second-order valence-electron chi connectivity index (χ2n) is 1.30. The van der Waals surface area contributed by atoms with E-state index < -0.39 is 15.6 Å². The first-order chi connectivity index (χ1) is 5.95. The van der Waals surface area contributed by atoms with E-state index in [1.807, 2.05) is 0 Å². The largest absolute Gasteiger partial charge is 0.538 e. The van der Waals surface area contributed by atoms with E-state index in [4.69, 9.17) is 21.0 Å². The SMILES string of the molecule is O=P(OO)(OO)OP(=O)(OO)OO. The van der Waals surface area contributed by atoms with Gasteiger partial charge in [0.05, 0.1) is 0 Å². The fourth-order valence-corrected chi connectivity index (χ4v) is 1.73. The monoisotopic (exact) mass is 242 g/mol. The minimum absolute atomic E-state index is 2.89. The first-order valence-electron chi connectivity index (χ1n) is 2.19. The Morgan fingerprint density at radius 2 is 0.923 bits per heavy atom. The van der Waals surface area contributed by atoms with Crippen LogP contribution in [-0.2, 0) is 32.1 Å². The van der Waals surface area contributed by atoms with E-state index in [2.05, 4.69) is 23.0 Å². The zero-order valence-corrected chi connectivity index (χ0v) is 7.33. The summed E-state index contributed by atoms with van der Waals surface area (Å²) >= 11 is 0. The van der Waals surface area contributed by atoms with E-state index in [1.165, 1.54) is 0 Å². The van der Waals surface area contributed by atoms with Crippen LogP contribution >= 0.6 is 15.6 Å². The van der Waals surface area contributed by atoms with Crippen molar-refractivity contribution in [1.29, 1.82) is 0 Å². The highest BCUT2D eigenvalue weighted by molar-refractivity contribution is 7.61. The summed E-state index contributed by atoms with van der Waals surface area (Å²) in [5.41, 5.74) is 0. The molecule has 4 N–H and O–H groups in total. The van der Waals surface area contributed by atoms with Crippen molar-refractivity contribution in [3.8, 4) is 0 Å². The number of hydrogen-bond donors (Lipinski definition) is 4. The zero-order chi connectivity index (χ0) is 10.5. The number of phosphoric acid groups is 2. The summed E-state index contributed by atoms with van der Waals surface area (Å²) in [5, 5.41) is 31.1. The van der Waals surface area contributed by atoms with Crippen molar-refractivity contribution in [2.45, 2.75) is 0 Å². The molecule has 0 aromatic heterocycles. The van der Waals surface area contributed by atoms with Crippen LogP contribution in [0.5, 0.6) is 0 Å². The average Bonchev–Trinajstić information content (AvgIpc) is 2.17. The van der Waals surface area contributed by atoms with Gasteiger partial charge in [-0.25, -0.2) is 30.2 Å². The molecule has 0 fully saturated rings. The van der Waals surface area contributed by atoms with Gasteiger partial charge in [-0.3, -0.25) is 0 Å². The highest BCUT2D eigenvalue weighted by Gasteiger charge is 2.42. The Morgan fingerprint density at radius 1 is 0.692 bits per heavy atom. The second-order valence-corrected chi connectivity index (χ2v) is 4.40. The van der Waals surface area contributed by atoms with Gasteiger partial charge in [0.1, 0.15) is 0 Å². The molecule has 80 valence electrons. The maximum absolute atomic E-state index is 10.6. The molecule has 0 spiro atoms. The second kappa shape index (κ2) is 5.10. The topological polar surface area (TPSA) is 161 Å². The molecule has 0 atom stereocenters. The van der Waals surface area contributed by atoms with Gasteiger partial charge in [-0.1, -0.05) is 0 Å². The molecule has 0 aliphatic carbocycles. The molecule has 0 saturated carbocycles. The molecule has 0 rings (SSSR count). The molecular weight excluding hydrogens is 238 g/mol. The maximum Gasteiger partial charge on any atom is 0.538 e. The Kier molecular flexibility index (Phi) is 5.14. The molecule has 13 heavy (non-hydrogen) atoms. The molecule has 0 aromatic rings. The van der Waals surface area contributed by atoms with Gasteiger partial charge in [0.25, 0.3) is 0 Å². The molecule has 0 heterocycles. The molecule has 0 saturated heterocycles. The van der Waals surface area contributed by atoms with Crippen LogP contribution in [-0.4, -0.2) is 21.0 Å². The number of rotatable bonds is 6. The van der Waals surface area contributed by atoms with E-state index in [1.54, 1.807) is 0 Å². The van der Waals surface area contributed by atoms with E-state index in [0.29, 0.717) is 0 Å². The van der Waals surface area contributed by atoms with Crippen LogP contribution in [0.1, 0.15) is 0 Å². The molecule has 0 unspecified atom stereocenters. The van der Waals surface area contributed by atoms with Gasteiger partial charge in [-0.15, -0.1) is 18.7 Å². The Labute approximate surface area is 69.9 Å². The fourth-order valence-electron chi connectivity index (χ4n) is 0.212. The summed E-state index contributed by atoms with van der Waals surface area (Å²) < 4.78 is 36.1. The Morgan fingerprint density at radius 3 is 1.08 bits per heavy atom. The van der Waals surface area contributed by atoms with E-state index in [0.717, 1.165) is 0 Å². The van der Waals surface area contributed by atoms with E-state index in [-0.39, 0.29) is 0 Å². The van der Waals surface area contributed by atoms with Crippen LogP contribution in [0.4, 0.5) is 0 Å². The van der Waals surface area contributed by atoms with Crippen LogP contribution < -0.4 is 0 Å². The molecule has 13 heteroatoms. The minimum Gasteiger partial charge on any atom is -0.241 e. The normalized spacial score (nSPS) is 13.2. The van der Waals surface area contributed by atoms with Crippen LogP contribution in [0.15, 0.2) is 0 Å². The maximum atomic E-state index is 10.6. The highest BCUT2D eigenvalue weighted by atomic mass is 31.3. The molecule has 0 radical (unpaired) electrons. The molecule has 0 bridgehead atoms. The predicted molar refractivity (Wildman–Crippen MR) is 31.2 cm³/mol. The van der Waals surface area contributed by atoms with E-state index in [9.17, 15) is 9.13 Å². The van der Waals surface area contributed by atoms with Crippen LogP contribution in [0, 0.1) is 0 Å². The third-order valence-electron chi connectivity index (χ3n) is 0.600. The lowest BCUT2D eigenvalue weighted by atomic mass is 14.9. The zero-order valence-electron chi connectivity index (χ0n) is 5.54. The molecule has 11 nitrogen and oxygen atoms in total. The Bertz CT molecular complexity index is 188. The van der Waals surface area contributed by atoms with Gasteiger partial charge in [0, 0.05) is 0 Å². The Balaban J connectivity index is 4.57. The van der Waals surface area contributed by atoms with Crippen LogP contribution in [0.3, 0.4) is 0 Å². The summed E-state index contributed by atoms with van der Waals surface area (Å²) in [6.45, 7) is 0. The van der Waals surface area contributed by atoms with Crippen molar-refractivity contribution >= 4 is 15.6 Å². The lowest BCUT2D eigenvalue weighted by Crippen LogP contribution is -1.98. The van der Waals surface area contributed by atoms with Gasteiger partial charge in [0.2, 0.25) is 0 Å². The average molecular weight is 242 g/mol. The van der Waals surface area contributed by atoms with Crippen LogP contribution in [0.25, 0.3) is 0 Å².